The van der Waals surface area contributed by atoms with Gasteiger partial charge in [0, 0.05) is 19.2 Å². The van der Waals surface area contributed by atoms with E-state index in [9.17, 15) is 4.79 Å². The van der Waals surface area contributed by atoms with Crippen LogP contribution in [0.2, 0.25) is 0 Å². The van der Waals surface area contributed by atoms with Gasteiger partial charge in [-0.05, 0) is 6.42 Å². The topological polar surface area (TPSA) is 64.8 Å². The zero-order chi connectivity index (χ0) is 13.5. The lowest BCUT2D eigenvalue weighted by molar-refractivity contribution is 0.0305. The number of unbranched alkanes of at least 4 members (excludes halogenated alkanes) is 1. The highest BCUT2D eigenvalue weighted by Crippen LogP contribution is 2.10. The van der Waals surface area contributed by atoms with Crippen molar-refractivity contribution in [3.63, 3.8) is 0 Å². The largest absolute Gasteiger partial charge is 0.461 e. The van der Waals surface area contributed by atoms with Crippen LogP contribution in [-0.2, 0) is 16.0 Å². The molecule has 2 rings (SSSR count). The van der Waals surface area contributed by atoms with Gasteiger partial charge >= 0.3 is 5.97 Å². The number of nitrogens with zero attached hydrogens (tertiary/aromatic N) is 2. The quantitative estimate of drug-likeness (QED) is 0.575. The van der Waals surface area contributed by atoms with Crippen LogP contribution in [0.1, 0.15) is 36.0 Å². The molecule has 1 fully saturated rings. The zero-order valence-corrected chi connectivity index (χ0v) is 11.3. The van der Waals surface area contributed by atoms with Crippen molar-refractivity contribution in [2.75, 3.05) is 32.9 Å². The normalized spacial score (nSPS) is 16.5. The monoisotopic (exact) mass is 268 g/mol. The molecule has 0 amide bonds. The summed E-state index contributed by atoms with van der Waals surface area (Å²) in [5, 5.41) is 3.75. The van der Waals surface area contributed by atoms with Gasteiger partial charge < -0.3 is 14.0 Å². The summed E-state index contributed by atoms with van der Waals surface area (Å²) >= 11 is 0. The van der Waals surface area contributed by atoms with Crippen LogP contribution < -0.4 is 0 Å². The molecule has 106 valence electrons. The van der Waals surface area contributed by atoms with Crippen LogP contribution in [0, 0.1) is 0 Å². The second-order valence-electron chi connectivity index (χ2n) is 4.56. The molecule has 6 nitrogen and oxygen atoms in total. The molecule has 0 radical (unpaired) electrons. The van der Waals surface area contributed by atoms with Crippen molar-refractivity contribution in [2.24, 2.45) is 0 Å². The Bertz CT molecular complexity index is 399. The third kappa shape index (κ3) is 4.33. The van der Waals surface area contributed by atoms with Crippen molar-refractivity contribution in [3.8, 4) is 0 Å². The average molecular weight is 268 g/mol. The number of ether oxygens (including phenoxy) is 2. The summed E-state index contributed by atoms with van der Waals surface area (Å²) in [7, 11) is 0. The van der Waals surface area contributed by atoms with Gasteiger partial charge in [0.25, 0.3) is 0 Å². The number of rotatable bonds is 6. The fourth-order valence-electron chi connectivity index (χ4n) is 1.85. The van der Waals surface area contributed by atoms with Gasteiger partial charge in [-0.25, -0.2) is 4.79 Å². The third-order valence-electron chi connectivity index (χ3n) is 2.98. The minimum atomic E-state index is -0.412. The van der Waals surface area contributed by atoms with Crippen LogP contribution in [0.3, 0.4) is 0 Å². The van der Waals surface area contributed by atoms with E-state index in [-0.39, 0.29) is 5.69 Å². The zero-order valence-electron chi connectivity index (χ0n) is 11.3. The first-order chi connectivity index (χ1) is 9.29. The summed E-state index contributed by atoms with van der Waals surface area (Å²) in [6, 6.07) is 1.66. The Hall–Kier alpha value is -1.40. The Morgan fingerprint density at radius 1 is 1.47 bits per heavy atom. The van der Waals surface area contributed by atoms with Crippen LogP contribution in [0.15, 0.2) is 10.6 Å². The summed E-state index contributed by atoms with van der Waals surface area (Å²) in [6.45, 7) is 6.35. The lowest BCUT2D eigenvalue weighted by atomic mass is 10.3. The summed E-state index contributed by atoms with van der Waals surface area (Å²) in [6.07, 6.45) is 1.86. The van der Waals surface area contributed by atoms with Crippen molar-refractivity contribution >= 4 is 5.97 Å². The van der Waals surface area contributed by atoms with Gasteiger partial charge in [-0.3, -0.25) is 4.90 Å². The molecule has 0 spiro atoms. The van der Waals surface area contributed by atoms with Gasteiger partial charge in [-0.2, -0.15) is 0 Å². The van der Waals surface area contributed by atoms with Gasteiger partial charge in [0.1, 0.15) is 0 Å². The lowest BCUT2D eigenvalue weighted by Gasteiger charge is -2.25. The van der Waals surface area contributed by atoms with Crippen LogP contribution >= 0.6 is 0 Å². The maximum absolute atomic E-state index is 11.6. The fourth-order valence-corrected chi connectivity index (χ4v) is 1.85. The molecule has 1 aliphatic heterocycles. The highest BCUT2D eigenvalue weighted by molar-refractivity contribution is 5.87. The SMILES string of the molecule is CCCCOC(=O)c1cc(CN2CCOCC2)on1. The summed E-state index contributed by atoms with van der Waals surface area (Å²) in [5.41, 5.74) is 0.249. The smallest absolute Gasteiger partial charge is 0.360 e. The Labute approximate surface area is 112 Å². The molecule has 0 unspecified atom stereocenters. The van der Waals surface area contributed by atoms with Gasteiger partial charge in [0.05, 0.1) is 26.4 Å². The van der Waals surface area contributed by atoms with Crippen LogP contribution in [0.5, 0.6) is 0 Å². The predicted molar refractivity (Wildman–Crippen MR) is 67.8 cm³/mol. The van der Waals surface area contributed by atoms with Gasteiger partial charge in [0.15, 0.2) is 11.5 Å². The van der Waals surface area contributed by atoms with Gasteiger partial charge in [0.2, 0.25) is 0 Å². The van der Waals surface area contributed by atoms with E-state index < -0.39 is 5.97 Å². The van der Waals surface area contributed by atoms with Gasteiger partial charge in [-0.15, -0.1) is 0 Å². The van der Waals surface area contributed by atoms with E-state index in [1.54, 1.807) is 6.07 Å². The van der Waals surface area contributed by atoms with E-state index in [0.29, 0.717) is 18.9 Å². The summed E-state index contributed by atoms with van der Waals surface area (Å²) in [5.74, 6) is 0.273. The average Bonchev–Trinajstić information content (AvgIpc) is 2.89. The van der Waals surface area contributed by atoms with E-state index in [4.69, 9.17) is 14.0 Å². The minimum Gasteiger partial charge on any atom is -0.461 e. The highest BCUT2D eigenvalue weighted by Gasteiger charge is 2.17. The van der Waals surface area contributed by atoms with E-state index in [2.05, 4.69) is 10.1 Å². The number of carbonyl (C=O) groups is 1. The molecule has 0 N–H and O–H groups in total. The number of aromatic nitrogens is 1. The third-order valence-corrected chi connectivity index (χ3v) is 2.98. The first kappa shape index (κ1) is 14.0. The molecule has 1 aliphatic rings. The molecule has 1 aromatic heterocycles. The molecule has 19 heavy (non-hydrogen) atoms. The molecule has 1 aromatic rings. The van der Waals surface area contributed by atoms with Crippen molar-refractivity contribution in [2.45, 2.75) is 26.3 Å². The molecule has 0 aliphatic carbocycles. The Morgan fingerprint density at radius 3 is 3.00 bits per heavy atom. The van der Waals surface area contributed by atoms with E-state index in [1.165, 1.54) is 0 Å². The number of esters is 1. The molecule has 0 bridgehead atoms. The maximum atomic E-state index is 11.6. The Balaban J connectivity index is 1.82. The first-order valence-corrected chi connectivity index (χ1v) is 6.72. The molecule has 2 heterocycles. The Kier molecular flexibility index (Phi) is 5.35. The van der Waals surface area contributed by atoms with Gasteiger partial charge in [-0.1, -0.05) is 18.5 Å². The van der Waals surface area contributed by atoms with Crippen molar-refractivity contribution in [1.29, 1.82) is 0 Å². The Morgan fingerprint density at radius 2 is 2.26 bits per heavy atom. The van der Waals surface area contributed by atoms with Crippen LogP contribution in [0.25, 0.3) is 0 Å². The number of morpholine rings is 1. The second kappa shape index (κ2) is 7.25. The molecule has 1 saturated heterocycles. The number of hydrogen-bond acceptors (Lipinski definition) is 6. The van der Waals surface area contributed by atoms with Crippen LogP contribution in [0.4, 0.5) is 0 Å². The second-order valence-corrected chi connectivity index (χ2v) is 4.56. The highest BCUT2D eigenvalue weighted by atomic mass is 16.5. The van der Waals surface area contributed by atoms with E-state index in [1.807, 2.05) is 6.92 Å². The summed E-state index contributed by atoms with van der Waals surface area (Å²) < 4.78 is 15.5. The molecule has 0 atom stereocenters. The van der Waals surface area contributed by atoms with Crippen LogP contribution in [-0.4, -0.2) is 48.9 Å². The van der Waals surface area contributed by atoms with E-state index >= 15 is 0 Å². The predicted octanol–water partition coefficient (Wildman–Crippen LogP) is 1.46. The minimum absolute atomic E-state index is 0.249. The molecule has 0 aromatic carbocycles. The van der Waals surface area contributed by atoms with Crippen molar-refractivity contribution < 1.29 is 18.8 Å². The van der Waals surface area contributed by atoms with E-state index in [0.717, 1.165) is 39.1 Å². The number of hydrogen-bond donors (Lipinski definition) is 0. The first-order valence-electron chi connectivity index (χ1n) is 6.72. The number of carbonyl (C=O) groups excluding carboxylic acids is 1. The van der Waals surface area contributed by atoms with Crippen molar-refractivity contribution in [3.05, 3.63) is 17.5 Å². The molecule has 6 heteroatoms. The fraction of sp³-hybridized carbons (Fsp3) is 0.692. The van der Waals surface area contributed by atoms with Crippen molar-refractivity contribution in [1.82, 2.24) is 10.1 Å². The maximum Gasteiger partial charge on any atom is 0.360 e. The molecular formula is C13H20N2O4. The summed E-state index contributed by atoms with van der Waals surface area (Å²) in [4.78, 5) is 13.9. The molecular weight excluding hydrogens is 248 g/mol. The molecule has 0 saturated carbocycles. The lowest BCUT2D eigenvalue weighted by Crippen LogP contribution is -2.35. The standard InChI is InChI=1S/C13H20N2O4/c1-2-3-6-18-13(16)12-9-11(19-14-12)10-15-4-7-17-8-5-15/h9H,2-8,10H2,1H3.